The van der Waals surface area contributed by atoms with Gasteiger partial charge in [0.1, 0.15) is 17.1 Å². The number of rotatable bonds is 4. The van der Waals surface area contributed by atoms with Crippen LogP contribution in [0.3, 0.4) is 0 Å². The highest BCUT2D eigenvalue weighted by Gasteiger charge is 2.28. The maximum Gasteiger partial charge on any atom is 0.251 e. The maximum atomic E-state index is 12.3. The number of furan rings is 1. The molecule has 0 radical (unpaired) electrons. The van der Waals surface area contributed by atoms with Crippen molar-refractivity contribution in [2.45, 2.75) is 26.4 Å². The van der Waals surface area contributed by atoms with Gasteiger partial charge in [-0.05, 0) is 45.0 Å². The third kappa shape index (κ3) is 2.98. The van der Waals surface area contributed by atoms with Crippen LogP contribution in [0.1, 0.15) is 34.4 Å². The van der Waals surface area contributed by atoms with Crippen LogP contribution in [0.5, 0.6) is 0 Å². The molecule has 1 aromatic carbocycles. The molecule has 3 rings (SSSR count). The lowest BCUT2D eigenvalue weighted by molar-refractivity contribution is 0.0514. The van der Waals surface area contributed by atoms with Crippen LogP contribution in [-0.4, -0.2) is 27.8 Å². The molecule has 3 N–H and O–H groups in total. The highest BCUT2D eigenvalue weighted by atomic mass is 16.3. The predicted molar refractivity (Wildman–Crippen MR) is 86.2 cm³/mol. The smallest absolute Gasteiger partial charge is 0.251 e. The van der Waals surface area contributed by atoms with Crippen LogP contribution in [0.4, 0.5) is 0 Å². The van der Waals surface area contributed by atoms with E-state index in [0.29, 0.717) is 16.9 Å². The Morgan fingerprint density at radius 3 is 2.87 bits per heavy atom. The lowest BCUT2D eigenvalue weighted by atomic mass is 9.96. The van der Waals surface area contributed by atoms with Crippen molar-refractivity contribution >= 4 is 16.8 Å². The third-order valence-corrected chi connectivity index (χ3v) is 3.92. The number of nitrogens with zero attached hydrogens (tertiary/aromatic N) is 1. The van der Waals surface area contributed by atoms with E-state index in [4.69, 9.17) is 4.42 Å². The highest BCUT2D eigenvalue weighted by Crippen LogP contribution is 2.26. The predicted octanol–water partition coefficient (Wildman–Crippen LogP) is 2.41. The van der Waals surface area contributed by atoms with Gasteiger partial charge in [0.2, 0.25) is 0 Å². The van der Waals surface area contributed by atoms with Crippen LogP contribution in [0, 0.1) is 13.8 Å². The van der Waals surface area contributed by atoms with E-state index in [2.05, 4.69) is 15.5 Å². The van der Waals surface area contributed by atoms with Gasteiger partial charge in [0.15, 0.2) is 0 Å². The van der Waals surface area contributed by atoms with E-state index in [-0.39, 0.29) is 12.5 Å². The van der Waals surface area contributed by atoms with Crippen LogP contribution in [0.2, 0.25) is 0 Å². The van der Waals surface area contributed by atoms with Gasteiger partial charge < -0.3 is 14.8 Å². The van der Waals surface area contributed by atoms with Gasteiger partial charge in [-0.15, -0.1) is 0 Å². The number of carbonyl (C=O) groups excluding carboxylic acids is 1. The standard InChI is InChI=1S/C17H19N3O3/c1-10-6-14(11(2)23-10)17(3,22)9-18-16(21)12-4-5-15-13(7-12)8-19-20-15/h4-8,22H,9H2,1-3H3,(H,18,21)(H,19,20). The van der Waals surface area contributed by atoms with E-state index in [1.807, 2.05) is 6.92 Å². The largest absolute Gasteiger partial charge is 0.466 e. The molecule has 0 aliphatic heterocycles. The van der Waals surface area contributed by atoms with Crippen LogP contribution < -0.4 is 5.32 Å². The Labute approximate surface area is 133 Å². The van der Waals surface area contributed by atoms with Gasteiger partial charge in [-0.2, -0.15) is 5.10 Å². The van der Waals surface area contributed by atoms with Crippen molar-refractivity contribution in [1.29, 1.82) is 0 Å². The summed E-state index contributed by atoms with van der Waals surface area (Å²) >= 11 is 0. The van der Waals surface area contributed by atoms with E-state index >= 15 is 0 Å². The van der Waals surface area contributed by atoms with Gasteiger partial charge in [0.05, 0.1) is 18.3 Å². The Bertz CT molecular complexity index is 861. The van der Waals surface area contributed by atoms with Crippen molar-refractivity contribution in [3.05, 3.63) is 53.1 Å². The Morgan fingerprint density at radius 2 is 2.17 bits per heavy atom. The molecule has 2 aromatic heterocycles. The fourth-order valence-electron chi connectivity index (χ4n) is 2.70. The zero-order valence-electron chi connectivity index (χ0n) is 13.3. The van der Waals surface area contributed by atoms with E-state index in [9.17, 15) is 9.90 Å². The molecule has 0 saturated heterocycles. The number of aliphatic hydroxyl groups is 1. The Balaban J connectivity index is 1.73. The van der Waals surface area contributed by atoms with E-state index in [1.165, 1.54) is 0 Å². The number of aromatic nitrogens is 2. The van der Waals surface area contributed by atoms with Gasteiger partial charge in [-0.1, -0.05) is 0 Å². The Kier molecular flexibility index (Phi) is 3.69. The average Bonchev–Trinajstić information content (AvgIpc) is 3.10. The van der Waals surface area contributed by atoms with E-state index in [1.54, 1.807) is 44.3 Å². The van der Waals surface area contributed by atoms with Crippen molar-refractivity contribution in [2.75, 3.05) is 6.54 Å². The number of hydrogen-bond donors (Lipinski definition) is 3. The number of aryl methyl sites for hydroxylation is 2. The molecular weight excluding hydrogens is 294 g/mol. The van der Waals surface area contributed by atoms with Crippen molar-refractivity contribution in [3.63, 3.8) is 0 Å². The summed E-state index contributed by atoms with van der Waals surface area (Å²) in [5.41, 5.74) is 0.880. The van der Waals surface area contributed by atoms with Crippen molar-refractivity contribution in [2.24, 2.45) is 0 Å². The first kappa shape index (κ1) is 15.3. The zero-order chi connectivity index (χ0) is 16.6. The summed E-state index contributed by atoms with van der Waals surface area (Å²) in [6, 6.07) is 7.08. The second kappa shape index (κ2) is 5.55. The van der Waals surface area contributed by atoms with Crippen LogP contribution in [-0.2, 0) is 5.60 Å². The zero-order valence-corrected chi connectivity index (χ0v) is 13.3. The number of benzene rings is 1. The van der Waals surface area contributed by atoms with Gasteiger partial charge in [-0.3, -0.25) is 9.89 Å². The first-order valence-electron chi connectivity index (χ1n) is 7.38. The van der Waals surface area contributed by atoms with E-state index in [0.717, 1.165) is 16.7 Å². The van der Waals surface area contributed by atoms with Crippen molar-refractivity contribution in [1.82, 2.24) is 15.5 Å². The molecule has 6 heteroatoms. The molecule has 3 aromatic rings. The molecule has 1 unspecified atom stereocenters. The lowest BCUT2D eigenvalue weighted by Gasteiger charge is -2.23. The quantitative estimate of drug-likeness (QED) is 0.690. The summed E-state index contributed by atoms with van der Waals surface area (Å²) in [6.07, 6.45) is 1.67. The van der Waals surface area contributed by atoms with Gasteiger partial charge in [-0.25, -0.2) is 0 Å². The summed E-state index contributed by atoms with van der Waals surface area (Å²) in [4.78, 5) is 12.3. The SMILES string of the molecule is Cc1cc(C(C)(O)CNC(=O)c2ccc3[nH]ncc3c2)c(C)o1. The fraction of sp³-hybridized carbons (Fsp3) is 0.294. The minimum Gasteiger partial charge on any atom is -0.466 e. The van der Waals surface area contributed by atoms with Crippen LogP contribution in [0.15, 0.2) is 34.9 Å². The number of fused-ring (bicyclic) bond motifs is 1. The molecule has 23 heavy (non-hydrogen) atoms. The first-order chi connectivity index (χ1) is 10.9. The molecule has 1 atom stereocenters. The minimum atomic E-state index is -1.20. The molecule has 0 bridgehead atoms. The third-order valence-electron chi connectivity index (χ3n) is 3.92. The summed E-state index contributed by atoms with van der Waals surface area (Å²) in [5, 5.41) is 21.0. The molecule has 6 nitrogen and oxygen atoms in total. The molecule has 120 valence electrons. The molecule has 0 aliphatic carbocycles. The summed E-state index contributed by atoms with van der Waals surface area (Å²) in [6.45, 7) is 5.37. The highest BCUT2D eigenvalue weighted by molar-refractivity contribution is 5.97. The molecule has 0 spiro atoms. The monoisotopic (exact) mass is 313 g/mol. The molecule has 0 aliphatic rings. The first-order valence-corrected chi connectivity index (χ1v) is 7.38. The second-order valence-electron chi connectivity index (χ2n) is 5.96. The van der Waals surface area contributed by atoms with Crippen molar-refractivity contribution < 1.29 is 14.3 Å². The topological polar surface area (TPSA) is 91.2 Å². The van der Waals surface area contributed by atoms with E-state index < -0.39 is 5.60 Å². The molecule has 1 amide bonds. The summed E-state index contributed by atoms with van der Waals surface area (Å²) in [7, 11) is 0. The lowest BCUT2D eigenvalue weighted by Crippen LogP contribution is -2.38. The molecule has 2 heterocycles. The number of nitrogens with one attached hydrogen (secondary N) is 2. The second-order valence-corrected chi connectivity index (χ2v) is 5.96. The summed E-state index contributed by atoms with van der Waals surface area (Å²) < 4.78 is 5.45. The van der Waals surface area contributed by atoms with Gasteiger partial charge >= 0.3 is 0 Å². The van der Waals surface area contributed by atoms with Crippen molar-refractivity contribution in [3.8, 4) is 0 Å². The van der Waals surface area contributed by atoms with Crippen LogP contribution in [0.25, 0.3) is 10.9 Å². The number of hydrogen-bond acceptors (Lipinski definition) is 4. The van der Waals surface area contributed by atoms with Gasteiger partial charge in [0.25, 0.3) is 5.91 Å². The Morgan fingerprint density at radius 1 is 1.39 bits per heavy atom. The molecule has 0 saturated carbocycles. The minimum absolute atomic E-state index is 0.0923. The summed E-state index contributed by atoms with van der Waals surface area (Å²) in [5.74, 6) is 1.14. The number of amides is 1. The fourth-order valence-corrected chi connectivity index (χ4v) is 2.70. The maximum absolute atomic E-state index is 12.3. The average molecular weight is 313 g/mol. The molecule has 0 fully saturated rings. The number of H-pyrrole nitrogens is 1. The normalized spacial score (nSPS) is 13.9. The molecular formula is C17H19N3O3. The van der Waals surface area contributed by atoms with Gasteiger partial charge in [0, 0.05) is 16.5 Å². The Hall–Kier alpha value is -2.60. The number of aromatic amines is 1. The van der Waals surface area contributed by atoms with Crippen LogP contribution >= 0.6 is 0 Å². The number of carbonyl (C=O) groups is 1.